The molecule has 102 valence electrons. The molecule has 0 amide bonds. The average Bonchev–Trinajstić information content (AvgIpc) is 2.94. The molecule has 4 unspecified atom stereocenters. The van der Waals surface area contributed by atoms with Gasteiger partial charge in [0, 0.05) is 6.20 Å². The smallest absolute Gasteiger partial charge is 0.181 e. The van der Waals surface area contributed by atoms with Crippen molar-refractivity contribution in [2.75, 3.05) is 6.61 Å². The van der Waals surface area contributed by atoms with Crippen molar-refractivity contribution in [3.05, 3.63) is 12.3 Å². The monoisotopic (exact) mass is 284 g/mol. The van der Waals surface area contributed by atoms with Crippen LogP contribution in [-0.4, -0.2) is 60.2 Å². The molecule has 3 N–H and O–H groups in total. The summed E-state index contributed by atoms with van der Waals surface area (Å²) >= 11 is 4.22. The highest BCUT2D eigenvalue weighted by Crippen LogP contribution is 2.31. The van der Waals surface area contributed by atoms with Crippen molar-refractivity contribution < 1.29 is 20.1 Å². The van der Waals surface area contributed by atoms with Gasteiger partial charge in [-0.1, -0.05) is 5.21 Å². The summed E-state index contributed by atoms with van der Waals surface area (Å²) < 4.78 is 6.71. The Hall–Kier alpha value is -1.26. The van der Waals surface area contributed by atoms with Crippen LogP contribution in [0.25, 0.3) is 11.0 Å². The van der Waals surface area contributed by atoms with Crippen LogP contribution in [0, 0.1) is 0 Å². The lowest BCUT2D eigenvalue weighted by Gasteiger charge is -2.15. The van der Waals surface area contributed by atoms with Crippen LogP contribution >= 0.6 is 12.6 Å². The van der Waals surface area contributed by atoms with Crippen molar-refractivity contribution in [1.82, 2.24) is 20.0 Å². The van der Waals surface area contributed by atoms with E-state index in [2.05, 4.69) is 27.9 Å². The molecule has 0 bridgehead atoms. The quantitative estimate of drug-likeness (QED) is 0.508. The van der Waals surface area contributed by atoms with Gasteiger partial charge in [-0.05, 0) is 6.07 Å². The molecule has 8 nitrogen and oxygen atoms in total. The molecule has 4 atom stereocenters. The first kappa shape index (κ1) is 12.8. The highest BCUT2D eigenvalue weighted by Gasteiger charge is 2.44. The minimum absolute atomic E-state index is 0.389. The molecule has 1 aliphatic rings. The standard InChI is InChI=1S/C10H12N4O4S/c15-3-5-7(16)8(17)10(18-5)14-6-4(12-13-14)1-2-11-9(6)19/h1-2,5,7-8,10,15-17H,3H2,(H,11,19). The molecule has 0 radical (unpaired) electrons. The van der Waals surface area contributed by atoms with Crippen molar-refractivity contribution in [2.24, 2.45) is 0 Å². The van der Waals surface area contributed by atoms with Gasteiger partial charge in [0.15, 0.2) is 6.23 Å². The van der Waals surface area contributed by atoms with E-state index in [0.717, 1.165) is 0 Å². The van der Waals surface area contributed by atoms with Crippen molar-refractivity contribution >= 4 is 23.7 Å². The van der Waals surface area contributed by atoms with E-state index in [-0.39, 0.29) is 0 Å². The molecule has 3 heterocycles. The molecule has 2 aromatic heterocycles. The molecule has 2 aromatic rings. The lowest BCUT2D eigenvalue weighted by Crippen LogP contribution is -2.33. The number of pyridine rings is 1. The average molecular weight is 284 g/mol. The summed E-state index contributed by atoms with van der Waals surface area (Å²) in [5.74, 6) is 0. The van der Waals surface area contributed by atoms with Crippen LogP contribution in [0.3, 0.4) is 0 Å². The Morgan fingerprint density at radius 3 is 2.84 bits per heavy atom. The van der Waals surface area contributed by atoms with Crippen LogP contribution in [0.2, 0.25) is 0 Å². The van der Waals surface area contributed by atoms with Gasteiger partial charge in [-0.2, -0.15) is 0 Å². The molecular formula is C10H12N4O4S. The number of nitrogens with zero attached hydrogens (tertiary/aromatic N) is 4. The zero-order chi connectivity index (χ0) is 13.6. The maximum absolute atomic E-state index is 9.96. The van der Waals surface area contributed by atoms with Gasteiger partial charge in [-0.25, -0.2) is 9.67 Å². The summed E-state index contributed by atoms with van der Waals surface area (Å²) in [4.78, 5) is 4.01. The fraction of sp³-hybridized carbons (Fsp3) is 0.500. The van der Waals surface area contributed by atoms with Gasteiger partial charge in [0.2, 0.25) is 0 Å². The number of fused-ring (bicyclic) bond motifs is 1. The summed E-state index contributed by atoms with van der Waals surface area (Å²) in [6.07, 6.45) is -2.66. The Kier molecular flexibility index (Phi) is 3.15. The van der Waals surface area contributed by atoms with Crippen LogP contribution in [0.1, 0.15) is 6.23 Å². The zero-order valence-corrected chi connectivity index (χ0v) is 10.6. The Morgan fingerprint density at radius 2 is 2.16 bits per heavy atom. The van der Waals surface area contributed by atoms with Crippen molar-refractivity contribution in [3.63, 3.8) is 0 Å². The zero-order valence-electron chi connectivity index (χ0n) is 9.66. The van der Waals surface area contributed by atoms with Crippen LogP contribution in [0.5, 0.6) is 0 Å². The minimum atomic E-state index is -1.21. The molecule has 1 aliphatic heterocycles. The van der Waals surface area contributed by atoms with Gasteiger partial charge in [0.05, 0.1) is 6.61 Å². The first-order chi connectivity index (χ1) is 9.13. The first-order valence-electron chi connectivity index (χ1n) is 5.65. The third kappa shape index (κ3) is 1.90. The maximum atomic E-state index is 9.96. The first-order valence-corrected chi connectivity index (χ1v) is 6.09. The molecule has 1 fully saturated rings. The largest absolute Gasteiger partial charge is 0.394 e. The van der Waals surface area contributed by atoms with E-state index in [0.29, 0.717) is 16.1 Å². The van der Waals surface area contributed by atoms with E-state index >= 15 is 0 Å². The Bertz CT molecular complexity index is 606. The van der Waals surface area contributed by atoms with E-state index < -0.39 is 31.1 Å². The van der Waals surface area contributed by atoms with E-state index in [1.165, 1.54) is 4.68 Å². The number of hydrogen-bond acceptors (Lipinski definition) is 8. The molecule has 0 aliphatic carbocycles. The predicted octanol–water partition coefficient (Wildman–Crippen LogP) is -1.27. The lowest BCUT2D eigenvalue weighted by molar-refractivity contribution is -0.0574. The highest BCUT2D eigenvalue weighted by atomic mass is 32.1. The normalized spacial score (nSPS) is 31.2. The number of thiol groups is 1. The molecule has 0 spiro atoms. The summed E-state index contributed by atoms with van der Waals surface area (Å²) in [6, 6.07) is 1.65. The Labute approximate surface area is 113 Å². The molecule has 0 saturated carbocycles. The third-order valence-corrected chi connectivity index (χ3v) is 3.45. The van der Waals surface area contributed by atoms with Crippen LogP contribution < -0.4 is 0 Å². The number of rotatable bonds is 2. The van der Waals surface area contributed by atoms with Gasteiger partial charge in [-0.3, -0.25) is 0 Å². The molecule has 1 saturated heterocycles. The van der Waals surface area contributed by atoms with E-state index in [1.54, 1.807) is 12.3 Å². The summed E-state index contributed by atoms with van der Waals surface area (Å²) in [7, 11) is 0. The third-order valence-electron chi connectivity index (χ3n) is 3.12. The topological polar surface area (TPSA) is 114 Å². The second-order valence-corrected chi connectivity index (χ2v) is 4.69. The SMILES string of the molecule is OCC1OC(n2nnc3ccnc(S)c32)C(O)C1O. The van der Waals surface area contributed by atoms with Gasteiger partial charge in [0.1, 0.15) is 34.4 Å². The van der Waals surface area contributed by atoms with Crippen LogP contribution in [0.4, 0.5) is 0 Å². The fourth-order valence-corrected chi connectivity index (χ4v) is 2.42. The molecular weight excluding hydrogens is 272 g/mol. The van der Waals surface area contributed by atoms with E-state index in [1.807, 2.05) is 0 Å². The minimum Gasteiger partial charge on any atom is -0.394 e. The molecule has 0 aromatic carbocycles. The lowest BCUT2D eigenvalue weighted by atomic mass is 10.1. The van der Waals surface area contributed by atoms with Gasteiger partial charge in [-0.15, -0.1) is 17.7 Å². The van der Waals surface area contributed by atoms with E-state index in [9.17, 15) is 10.2 Å². The number of aliphatic hydroxyl groups excluding tert-OH is 3. The summed E-state index contributed by atoms with van der Waals surface area (Å²) in [5.41, 5.74) is 1.05. The summed E-state index contributed by atoms with van der Waals surface area (Å²) in [6.45, 7) is -0.395. The number of ether oxygens (including phenoxy) is 1. The Balaban J connectivity index is 2.06. The predicted molar refractivity (Wildman–Crippen MR) is 65.6 cm³/mol. The van der Waals surface area contributed by atoms with Gasteiger partial charge < -0.3 is 20.1 Å². The molecule has 3 rings (SSSR count). The highest BCUT2D eigenvalue weighted by molar-refractivity contribution is 7.80. The molecule has 19 heavy (non-hydrogen) atoms. The van der Waals surface area contributed by atoms with Crippen molar-refractivity contribution in [2.45, 2.75) is 29.6 Å². The van der Waals surface area contributed by atoms with Gasteiger partial charge in [0.25, 0.3) is 0 Å². The Morgan fingerprint density at radius 1 is 1.37 bits per heavy atom. The van der Waals surface area contributed by atoms with Crippen LogP contribution in [-0.2, 0) is 4.74 Å². The summed E-state index contributed by atoms with van der Waals surface area (Å²) in [5, 5.41) is 37.0. The van der Waals surface area contributed by atoms with Crippen molar-refractivity contribution in [3.8, 4) is 0 Å². The maximum Gasteiger partial charge on any atom is 0.181 e. The second kappa shape index (κ2) is 4.69. The van der Waals surface area contributed by atoms with E-state index in [4.69, 9.17) is 9.84 Å². The van der Waals surface area contributed by atoms with Crippen molar-refractivity contribution in [1.29, 1.82) is 0 Å². The van der Waals surface area contributed by atoms with Crippen LogP contribution in [0.15, 0.2) is 17.3 Å². The fourth-order valence-electron chi connectivity index (χ4n) is 2.13. The number of aromatic nitrogens is 4. The second-order valence-electron chi connectivity index (χ2n) is 4.27. The number of aliphatic hydroxyl groups is 3. The molecule has 9 heteroatoms. The number of hydrogen-bond donors (Lipinski definition) is 4. The van der Waals surface area contributed by atoms with Gasteiger partial charge >= 0.3 is 0 Å².